The van der Waals surface area contributed by atoms with E-state index in [0.717, 1.165) is 18.4 Å². The van der Waals surface area contributed by atoms with Crippen LogP contribution in [0.2, 0.25) is 0 Å². The molecule has 0 heterocycles. The van der Waals surface area contributed by atoms with Gasteiger partial charge in [-0.1, -0.05) is 25.5 Å². The van der Waals surface area contributed by atoms with Gasteiger partial charge in [-0.2, -0.15) is 4.31 Å². The molecule has 0 spiro atoms. The van der Waals surface area contributed by atoms with Gasteiger partial charge in [0.15, 0.2) is 0 Å². The summed E-state index contributed by atoms with van der Waals surface area (Å²) in [5.74, 6) is 0.0136. The minimum atomic E-state index is -3.65. The third-order valence-corrected chi connectivity index (χ3v) is 6.14. The summed E-state index contributed by atoms with van der Waals surface area (Å²) in [5, 5.41) is 20.2. The van der Waals surface area contributed by atoms with Gasteiger partial charge in [-0.25, -0.2) is 8.42 Å². The molecule has 0 radical (unpaired) electrons. The van der Waals surface area contributed by atoms with Gasteiger partial charge in [-0.3, -0.25) is 10.1 Å². The average Bonchev–Trinajstić information content (AvgIpc) is 2.65. The Hall–Kier alpha value is -2.45. The molecule has 7 nitrogen and oxygen atoms in total. The van der Waals surface area contributed by atoms with E-state index in [1.807, 2.05) is 6.92 Å². The summed E-state index contributed by atoms with van der Waals surface area (Å²) >= 11 is 0. The highest BCUT2D eigenvalue weighted by Crippen LogP contribution is 2.20. The Morgan fingerprint density at radius 1 is 1.07 bits per heavy atom. The highest BCUT2D eigenvalue weighted by atomic mass is 32.2. The van der Waals surface area contributed by atoms with Gasteiger partial charge in [-0.15, -0.1) is 0 Å². The maximum atomic E-state index is 12.9. The minimum absolute atomic E-state index is 0.0136. The average molecular weight is 392 g/mol. The third-order valence-electron chi connectivity index (χ3n) is 4.23. The largest absolute Gasteiger partial charge is 0.508 e. The van der Waals surface area contributed by atoms with Gasteiger partial charge in [0.25, 0.3) is 5.69 Å². The Kier molecular flexibility index (Phi) is 7.32. The Bertz CT molecular complexity index is 866. The van der Waals surface area contributed by atoms with Gasteiger partial charge in [-0.05, 0) is 49.1 Å². The Balaban J connectivity index is 2.09. The lowest BCUT2D eigenvalue weighted by atomic mass is 10.1. The first-order valence-electron chi connectivity index (χ1n) is 8.87. The van der Waals surface area contributed by atoms with Crippen LogP contribution < -0.4 is 0 Å². The summed E-state index contributed by atoms with van der Waals surface area (Å²) in [4.78, 5) is 10.6. The van der Waals surface area contributed by atoms with Gasteiger partial charge in [0.1, 0.15) is 5.75 Å². The highest BCUT2D eigenvalue weighted by Gasteiger charge is 2.23. The second kappa shape index (κ2) is 9.48. The molecule has 2 aromatic rings. The van der Waals surface area contributed by atoms with Crippen LogP contribution >= 0.6 is 0 Å². The Morgan fingerprint density at radius 2 is 1.74 bits per heavy atom. The monoisotopic (exact) mass is 392 g/mol. The summed E-state index contributed by atoms with van der Waals surface area (Å²) in [6, 6.07) is 11.9. The standard InChI is InChI=1S/C19H24N2O5S/c1-2-3-13-20(27(25,26)19-11-9-18(22)10-12-19)14-5-7-16-6-4-8-17(15-16)21(23)24/h4,6,8-12,15,22H,2-3,5,7,13-14H2,1H3. The molecule has 0 aliphatic carbocycles. The van der Waals surface area contributed by atoms with Crippen LogP contribution in [0.3, 0.4) is 0 Å². The molecule has 2 aromatic carbocycles. The van der Waals surface area contributed by atoms with Crippen molar-refractivity contribution < 1.29 is 18.4 Å². The second-order valence-corrected chi connectivity index (χ2v) is 8.22. The van der Waals surface area contributed by atoms with Gasteiger partial charge < -0.3 is 5.11 Å². The first-order chi connectivity index (χ1) is 12.8. The van der Waals surface area contributed by atoms with E-state index in [9.17, 15) is 23.6 Å². The van der Waals surface area contributed by atoms with Crippen molar-refractivity contribution in [3.63, 3.8) is 0 Å². The van der Waals surface area contributed by atoms with Gasteiger partial charge >= 0.3 is 0 Å². The lowest BCUT2D eigenvalue weighted by Crippen LogP contribution is -2.33. The van der Waals surface area contributed by atoms with Gasteiger partial charge in [0, 0.05) is 25.2 Å². The van der Waals surface area contributed by atoms with E-state index in [2.05, 4.69) is 0 Å². The Labute approximate surface area is 159 Å². The number of sulfonamides is 1. The van der Waals surface area contributed by atoms with E-state index in [-0.39, 0.29) is 16.3 Å². The fourth-order valence-corrected chi connectivity index (χ4v) is 4.26. The number of phenols is 1. The van der Waals surface area contributed by atoms with Crippen LogP contribution in [0.4, 0.5) is 5.69 Å². The third kappa shape index (κ3) is 5.77. The zero-order chi connectivity index (χ0) is 19.9. The molecule has 0 fully saturated rings. The summed E-state index contributed by atoms with van der Waals surface area (Å²) in [6.45, 7) is 2.73. The molecule has 0 saturated heterocycles. The van der Waals surface area contributed by atoms with Crippen molar-refractivity contribution in [3.05, 3.63) is 64.2 Å². The molecule has 1 N–H and O–H groups in total. The lowest BCUT2D eigenvalue weighted by Gasteiger charge is -2.22. The maximum absolute atomic E-state index is 12.9. The zero-order valence-corrected chi connectivity index (χ0v) is 16.1. The molecule has 0 unspecified atom stereocenters. The van der Waals surface area contributed by atoms with Crippen LogP contribution in [0.1, 0.15) is 31.7 Å². The molecular weight excluding hydrogens is 368 g/mol. The normalized spacial score (nSPS) is 11.6. The Morgan fingerprint density at radius 3 is 2.37 bits per heavy atom. The quantitative estimate of drug-likeness (QED) is 0.490. The number of hydrogen-bond donors (Lipinski definition) is 1. The molecule has 0 aliphatic heterocycles. The molecule has 0 bridgehead atoms. The van der Waals surface area contributed by atoms with Gasteiger partial charge in [0.05, 0.1) is 9.82 Å². The number of non-ortho nitro benzene ring substituents is 1. The van der Waals surface area contributed by atoms with Crippen molar-refractivity contribution in [1.82, 2.24) is 4.31 Å². The van der Waals surface area contributed by atoms with E-state index < -0.39 is 14.9 Å². The van der Waals surface area contributed by atoms with Crippen LogP contribution in [0.25, 0.3) is 0 Å². The van der Waals surface area contributed by atoms with E-state index in [0.29, 0.717) is 25.9 Å². The van der Waals surface area contributed by atoms with E-state index >= 15 is 0 Å². The molecule has 2 rings (SSSR count). The number of aryl methyl sites for hydroxylation is 1. The van der Waals surface area contributed by atoms with Crippen molar-refractivity contribution in [1.29, 1.82) is 0 Å². The van der Waals surface area contributed by atoms with Crippen molar-refractivity contribution >= 4 is 15.7 Å². The molecule has 0 amide bonds. The number of phenolic OH excluding ortho intramolecular Hbond substituents is 1. The number of unbranched alkanes of at least 4 members (excludes halogenated alkanes) is 1. The van der Waals surface area contributed by atoms with Crippen LogP contribution in [-0.4, -0.2) is 35.8 Å². The first-order valence-corrected chi connectivity index (χ1v) is 10.3. The van der Waals surface area contributed by atoms with Gasteiger partial charge in [0.2, 0.25) is 10.0 Å². The summed E-state index contributed by atoms with van der Waals surface area (Å²) in [5.41, 5.74) is 0.841. The number of rotatable bonds is 10. The predicted molar refractivity (Wildman–Crippen MR) is 103 cm³/mol. The summed E-state index contributed by atoms with van der Waals surface area (Å²) in [7, 11) is -3.65. The molecule has 146 valence electrons. The van der Waals surface area contributed by atoms with Crippen LogP contribution in [0, 0.1) is 10.1 Å². The number of nitrogens with zero attached hydrogens (tertiary/aromatic N) is 2. The van der Waals surface area contributed by atoms with Crippen LogP contribution in [-0.2, 0) is 16.4 Å². The van der Waals surface area contributed by atoms with Crippen molar-refractivity contribution in [2.75, 3.05) is 13.1 Å². The van der Waals surface area contributed by atoms with Crippen LogP contribution in [0.15, 0.2) is 53.4 Å². The molecule has 0 saturated carbocycles. The van der Waals surface area contributed by atoms with E-state index in [1.54, 1.807) is 12.1 Å². The number of nitro benzene ring substituents is 1. The number of benzene rings is 2. The zero-order valence-electron chi connectivity index (χ0n) is 15.2. The molecule has 0 aliphatic rings. The molecule has 27 heavy (non-hydrogen) atoms. The highest BCUT2D eigenvalue weighted by molar-refractivity contribution is 7.89. The second-order valence-electron chi connectivity index (χ2n) is 6.28. The number of hydrogen-bond acceptors (Lipinski definition) is 5. The summed E-state index contributed by atoms with van der Waals surface area (Å²) < 4.78 is 27.2. The lowest BCUT2D eigenvalue weighted by molar-refractivity contribution is -0.384. The van der Waals surface area contributed by atoms with Crippen molar-refractivity contribution in [2.24, 2.45) is 0 Å². The maximum Gasteiger partial charge on any atom is 0.269 e. The smallest absolute Gasteiger partial charge is 0.269 e. The number of aromatic hydroxyl groups is 1. The van der Waals surface area contributed by atoms with E-state index in [4.69, 9.17) is 0 Å². The van der Waals surface area contributed by atoms with E-state index in [1.165, 1.54) is 40.7 Å². The molecule has 0 aromatic heterocycles. The molecule has 8 heteroatoms. The number of nitro groups is 1. The predicted octanol–water partition coefficient (Wildman–Crippen LogP) is 3.72. The van der Waals surface area contributed by atoms with Crippen molar-refractivity contribution in [2.45, 2.75) is 37.5 Å². The minimum Gasteiger partial charge on any atom is -0.508 e. The van der Waals surface area contributed by atoms with Crippen molar-refractivity contribution in [3.8, 4) is 5.75 Å². The fourth-order valence-electron chi connectivity index (χ4n) is 2.74. The topological polar surface area (TPSA) is 101 Å². The molecular formula is C19H24N2O5S. The molecule has 0 atom stereocenters. The van der Waals surface area contributed by atoms with Crippen LogP contribution in [0.5, 0.6) is 5.75 Å². The SMILES string of the molecule is CCCCN(CCCc1cccc([N+](=O)[O-])c1)S(=O)(=O)c1ccc(O)cc1. The first kappa shape index (κ1) is 20.9. The fraction of sp³-hybridized carbons (Fsp3) is 0.368. The summed E-state index contributed by atoms with van der Waals surface area (Å²) in [6.07, 6.45) is 2.72.